The second-order valence-electron chi connectivity index (χ2n) is 4.32. The summed E-state index contributed by atoms with van der Waals surface area (Å²) in [7, 11) is 1.36. The van der Waals surface area contributed by atoms with Gasteiger partial charge in [-0.3, -0.25) is 0 Å². The standard InChI is InChI=1S/C13H17ClO3/c1-13(2,8-9-14)17-11-6-4-10(5-7-11)12(15)16-3/h4-7H,8-9H2,1-3H3. The number of halogens is 1. The van der Waals surface area contributed by atoms with Crippen molar-refractivity contribution < 1.29 is 14.3 Å². The number of rotatable bonds is 5. The van der Waals surface area contributed by atoms with Crippen molar-refractivity contribution in [3.8, 4) is 5.75 Å². The maximum absolute atomic E-state index is 11.2. The van der Waals surface area contributed by atoms with Crippen LogP contribution in [-0.2, 0) is 4.74 Å². The summed E-state index contributed by atoms with van der Waals surface area (Å²) in [6, 6.07) is 6.86. The fraction of sp³-hybridized carbons (Fsp3) is 0.462. The van der Waals surface area contributed by atoms with E-state index in [9.17, 15) is 4.79 Å². The predicted octanol–water partition coefficient (Wildman–Crippen LogP) is 3.26. The molecule has 0 saturated carbocycles. The lowest BCUT2D eigenvalue weighted by molar-refractivity contribution is 0.0600. The summed E-state index contributed by atoms with van der Waals surface area (Å²) in [5, 5.41) is 0. The average Bonchev–Trinajstić information content (AvgIpc) is 2.28. The summed E-state index contributed by atoms with van der Waals surface area (Å²) in [6.07, 6.45) is 0.757. The number of hydrogen-bond acceptors (Lipinski definition) is 3. The highest BCUT2D eigenvalue weighted by Crippen LogP contribution is 2.22. The lowest BCUT2D eigenvalue weighted by Gasteiger charge is -2.25. The molecule has 0 unspecified atom stereocenters. The topological polar surface area (TPSA) is 35.5 Å². The van der Waals surface area contributed by atoms with Gasteiger partial charge in [-0.05, 0) is 38.1 Å². The lowest BCUT2D eigenvalue weighted by atomic mass is 10.1. The SMILES string of the molecule is COC(=O)c1ccc(OC(C)(C)CCCl)cc1. The van der Waals surface area contributed by atoms with Crippen molar-refractivity contribution in [1.82, 2.24) is 0 Å². The van der Waals surface area contributed by atoms with Crippen LogP contribution < -0.4 is 4.74 Å². The summed E-state index contributed by atoms with van der Waals surface area (Å²) >= 11 is 5.70. The molecule has 1 rings (SSSR count). The molecule has 0 radical (unpaired) electrons. The minimum atomic E-state index is -0.350. The molecule has 0 aliphatic carbocycles. The van der Waals surface area contributed by atoms with Crippen LogP contribution in [0.3, 0.4) is 0 Å². The zero-order chi connectivity index (χ0) is 12.9. The highest BCUT2D eigenvalue weighted by molar-refractivity contribution is 6.17. The molecule has 1 aromatic carbocycles. The van der Waals surface area contributed by atoms with E-state index in [0.717, 1.165) is 6.42 Å². The Kier molecular flexibility index (Phi) is 4.82. The summed E-state index contributed by atoms with van der Waals surface area (Å²) in [5.74, 6) is 0.914. The molecular weight excluding hydrogens is 240 g/mol. The molecule has 4 heteroatoms. The van der Waals surface area contributed by atoms with E-state index in [0.29, 0.717) is 17.2 Å². The van der Waals surface area contributed by atoms with E-state index >= 15 is 0 Å². The fourth-order valence-electron chi connectivity index (χ4n) is 1.37. The van der Waals surface area contributed by atoms with Gasteiger partial charge in [-0.1, -0.05) is 0 Å². The molecule has 0 spiro atoms. The van der Waals surface area contributed by atoms with Gasteiger partial charge in [0.05, 0.1) is 12.7 Å². The van der Waals surface area contributed by atoms with Crippen molar-refractivity contribution in [2.75, 3.05) is 13.0 Å². The third-order valence-corrected chi connectivity index (χ3v) is 2.56. The smallest absolute Gasteiger partial charge is 0.337 e. The Balaban J connectivity index is 2.71. The maximum Gasteiger partial charge on any atom is 0.337 e. The lowest BCUT2D eigenvalue weighted by Crippen LogP contribution is -2.28. The molecule has 17 heavy (non-hydrogen) atoms. The molecule has 0 bridgehead atoms. The molecule has 0 saturated heterocycles. The quantitative estimate of drug-likeness (QED) is 0.599. The Morgan fingerprint density at radius 2 is 1.88 bits per heavy atom. The van der Waals surface area contributed by atoms with Crippen LogP contribution in [0.1, 0.15) is 30.6 Å². The molecule has 0 aliphatic heterocycles. The number of carbonyl (C=O) groups is 1. The number of methoxy groups -OCH3 is 1. The van der Waals surface area contributed by atoms with E-state index < -0.39 is 0 Å². The second-order valence-corrected chi connectivity index (χ2v) is 4.69. The van der Waals surface area contributed by atoms with Crippen LogP contribution in [0, 0.1) is 0 Å². The number of esters is 1. The van der Waals surface area contributed by atoms with E-state index in [-0.39, 0.29) is 11.6 Å². The van der Waals surface area contributed by atoms with E-state index in [2.05, 4.69) is 4.74 Å². The van der Waals surface area contributed by atoms with Crippen molar-refractivity contribution in [3.05, 3.63) is 29.8 Å². The van der Waals surface area contributed by atoms with Crippen molar-refractivity contribution in [2.24, 2.45) is 0 Å². The van der Waals surface area contributed by atoms with Gasteiger partial charge < -0.3 is 9.47 Å². The molecule has 0 atom stereocenters. The molecule has 1 aromatic rings. The van der Waals surface area contributed by atoms with Gasteiger partial charge in [0, 0.05) is 12.3 Å². The van der Waals surface area contributed by atoms with Gasteiger partial charge in [0.1, 0.15) is 11.4 Å². The first-order valence-corrected chi connectivity index (χ1v) is 5.95. The van der Waals surface area contributed by atoms with Gasteiger partial charge in [-0.25, -0.2) is 4.79 Å². The first-order chi connectivity index (χ1) is 7.98. The molecule has 0 N–H and O–H groups in total. The van der Waals surface area contributed by atoms with Crippen LogP contribution in [0.25, 0.3) is 0 Å². The van der Waals surface area contributed by atoms with Crippen LogP contribution >= 0.6 is 11.6 Å². The van der Waals surface area contributed by atoms with Gasteiger partial charge in [0.15, 0.2) is 0 Å². The normalized spacial score (nSPS) is 11.1. The Bertz CT molecular complexity index is 371. The largest absolute Gasteiger partial charge is 0.488 e. The number of benzene rings is 1. The Labute approximate surface area is 107 Å². The van der Waals surface area contributed by atoms with Crippen molar-refractivity contribution >= 4 is 17.6 Å². The van der Waals surface area contributed by atoms with Crippen LogP contribution in [0.15, 0.2) is 24.3 Å². The van der Waals surface area contributed by atoms with Gasteiger partial charge in [0.25, 0.3) is 0 Å². The molecule has 0 heterocycles. The van der Waals surface area contributed by atoms with Crippen molar-refractivity contribution in [1.29, 1.82) is 0 Å². The highest BCUT2D eigenvalue weighted by atomic mass is 35.5. The summed E-state index contributed by atoms with van der Waals surface area (Å²) in [4.78, 5) is 11.2. The Hall–Kier alpha value is -1.22. The number of ether oxygens (including phenoxy) is 2. The summed E-state index contributed by atoms with van der Waals surface area (Å²) < 4.78 is 10.4. The van der Waals surface area contributed by atoms with Crippen LogP contribution in [0.2, 0.25) is 0 Å². The number of hydrogen-bond donors (Lipinski definition) is 0. The fourth-order valence-corrected chi connectivity index (χ4v) is 1.83. The zero-order valence-electron chi connectivity index (χ0n) is 10.3. The van der Waals surface area contributed by atoms with Crippen molar-refractivity contribution in [3.63, 3.8) is 0 Å². The second kappa shape index (κ2) is 5.92. The molecular formula is C13H17ClO3. The highest BCUT2D eigenvalue weighted by Gasteiger charge is 2.19. The van der Waals surface area contributed by atoms with Crippen molar-refractivity contribution in [2.45, 2.75) is 25.9 Å². The summed E-state index contributed by atoms with van der Waals surface area (Å²) in [6.45, 7) is 3.95. The van der Waals surface area contributed by atoms with Crippen LogP contribution in [0.4, 0.5) is 0 Å². The third-order valence-electron chi connectivity index (χ3n) is 2.37. The number of carbonyl (C=O) groups excluding carboxylic acids is 1. The average molecular weight is 257 g/mol. The minimum Gasteiger partial charge on any atom is -0.488 e. The number of alkyl halides is 1. The summed E-state index contributed by atoms with van der Waals surface area (Å²) in [5.41, 5.74) is 0.198. The van der Waals surface area contributed by atoms with Gasteiger partial charge in [-0.2, -0.15) is 0 Å². The monoisotopic (exact) mass is 256 g/mol. The first-order valence-electron chi connectivity index (χ1n) is 5.42. The third kappa shape index (κ3) is 4.27. The zero-order valence-corrected chi connectivity index (χ0v) is 11.1. The molecule has 0 aliphatic rings. The van der Waals surface area contributed by atoms with E-state index in [1.54, 1.807) is 24.3 Å². The molecule has 0 aromatic heterocycles. The minimum absolute atomic E-state index is 0.311. The van der Waals surface area contributed by atoms with Crippen LogP contribution in [0.5, 0.6) is 5.75 Å². The molecule has 94 valence electrons. The van der Waals surface area contributed by atoms with E-state index in [1.807, 2.05) is 13.8 Å². The Morgan fingerprint density at radius 1 is 1.29 bits per heavy atom. The van der Waals surface area contributed by atoms with Gasteiger partial charge in [-0.15, -0.1) is 11.6 Å². The van der Waals surface area contributed by atoms with Gasteiger partial charge >= 0.3 is 5.97 Å². The Morgan fingerprint density at radius 3 is 2.35 bits per heavy atom. The van der Waals surface area contributed by atoms with E-state index in [1.165, 1.54) is 7.11 Å². The molecule has 0 amide bonds. The van der Waals surface area contributed by atoms with Crippen LogP contribution in [-0.4, -0.2) is 24.6 Å². The van der Waals surface area contributed by atoms with Gasteiger partial charge in [0.2, 0.25) is 0 Å². The predicted molar refractivity (Wildman–Crippen MR) is 67.8 cm³/mol. The maximum atomic E-state index is 11.2. The van der Waals surface area contributed by atoms with E-state index in [4.69, 9.17) is 16.3 Å². The molecule has 0 fully saturated rings. The molecule has 3 nitrogen and oxygen atoms in total. The first kappa shape index (κ1) is 13.8.